The zero-order valence-electron chi connectivity index (χ0n) is 13.6. The minimum absolute atomic E-state index is 0.0903. The van der Waals surface area contributed by atoms with E-state index in [1.54, 1.807) is 25.4 Å². The van der Waals surface area contributed by atoms with Crippen LogP contribution in [0, 0.1) is 5.92 Å². The number of halogens is 2. The maximum atomic E-state index is 12.5. The van der Waals surface area contributed by atoms with Gasteiger partial charge in [-0.25, -0.2) is 9.67 Å². The summed E-state index contributed by atoms with van der Waals surface area (Å²) in [5.74, 6) is 0.192. The van der Waals surface area contributed by atoms with Crippen molar-refractivity contribution >= 4 is 44.9 Å². The van der Waals surface area contributed by atoms with Gasteiger partial charge in [-0.3, -0.25) is 9.59 Å². The van der Waals surface area contributed by atoms with Gasteiger partial charge in [0.2, 0.25) is 5.91 Å². The lowest BCUT2D eigenvalue weighted by molar-refractivity contribution is -0.120. The fraction of sp³-hybridized carbons (Fsp3) is 0.375. The van der Waals surface area contributed by atoms with E-state index < -0.39 is 0 Å². The van der Waals surface area contributed by atoms with Crippen molar-refractivity contribution < 1.29 is 4.79 Å². The van der Waals surface area contributed by atoms with Crippen molar-refractivity contribution in [3.8, 4) is 0 Å². The standard InChI is InChI=1S/C16H17BrClN5O2/c1-22-16(25)14(17)12(8-20-22)23-6-2-3-10(9-23)15(24)21-13-5-4-11(18)7-19-13/h4-5,7-8,10H,2-3,6,9H2,1H3,(H,19,21,24). The first-order valence-corrected chi connectivity index (χ1v) is 9.02. The van der Waals surface area contributed by atoms with Crippen LogP contribution >= 0.6 is 27.5 Å². The smallest absolute Gasteiger partial charge is 0.282 e. The van der Waals surface area contributed by atoms with Gasteiger partial charge in [0, 0.05) is 26.3 Å². The third kappa shape index (κ3) is 4.01. The molecule has 25 heavy (non-hydrogen) atoms. The third-order valence-electron chi connectivity index (χ3n) is 4.17. The van der Waals surface area contributed by atoms with Gasteiger partial charge < -0.3 is 10.2 Å². The van der Waals surface area contributed by atoms with Crippen LogP contribution in [0.15, 0.2) is 33.8 Å². The van der Waals surface area contributed by atoms with Crippen molar-refractivity contribution in [2.24, 2.45) is 13.0 Å². The SMILES string of the molecule is Cn1ncc(N2CCCC(C(=O)Nc3ccc(Cl)cn3)C2)c(Br)c1=O. The van der Waals surface area contributed by atoms with Gasteiger partial charge in [-0.15, -0.1) is 0 Å². The molecule has 7 nitrogen and oxygen atoms in total. The molecule has 1 unspecified atom stereocenters. The summed E-state index contributed by atoms with van der Waals surface area (Å²) in [5.41, 5.74) is 0.514. The van der Waals surface area contributed by atoms with E-state index in [-0.39, 0.29) is 17.4 Å². The highest BCUT2D eigenvalue weighted by molar-refractivity contribution is 9.10. The highest BCUT2D eigenvalue weighted by Gasteiger charge is 2.28. The highest BCUT2D eigenvalue weighted by atomic mass is 79.9. The minimum Gasteiger partial charge on any atom is -0.368 e. The molecule has 1 aliphatic rings. The van der Waals surface area contributed by atoms with Gasteiger partial charge in [-0.1, -0.05) is 11.6 Å². The van der Waals surface area contributed by atoms with Crippen molar-refractivity contribution in [3.63, 3.8) is 0 Å². The third-order valence-corrected chi connectivity index (χ3v) is 5.14. The molecule has 3 rings (SSSR count). The average Bonchev–Trinajstić information content (AvgIpc) is 2.62. The van der Waals surface area contributed by atoms with Gasteiger partial charge in [0.1, 0.15) is 10.3 Å². The highest BCUT2D eigenvalue weighted by Crippen LogP contribution is 2.27. The summed E-state index contributed by atoms with van der Waals surface area (Å²) in [7, 11) is 1.60. The van der Waals surface area contributed by atoms with E-state index in [1.165, 1.54) is 10.9 Å². The van der Waals surface area contributed by atoms with Crippen molar-refractivity contribution in [1.29, 1.82) is 0 Å². The van der Waals surface area contributed by atoms with Crippen molar-refractivity contribution in [2.75, 3.05) is 23.3 Å². The largest absolute Gasteiger partial charge is 0.368 e. The maximum absolute atomic E-state index is 12.5. The van der Waals surface area contributed by atoms with Crippen molar-refractivity contribution in [3.05, 3.63) is 44.4 Å². The van der Waals surface area contributed by atoms with E-state index >= 15 is 0 Å². The van der Waals surface area contributed by atoms with Gasteiger partial charge in [0.15, 0.2) is 0 Å². The summed E-state index contributed by atoms with van der Waals surface area (Å²) in [4.78, 5) is 30.7. The first kappa shape index (κ1) is 17.9. The van der Waals surface area contributed by atoms with Crippen molar-refractivity contribution in [1.82, 2.24) is 14.8 Å². The van der Waals surface area contributed by atoms with Gasteiger partial charge in [-0.2, -0.15) is 5.10 Å². The molecule has 3 heterocycles. The van der Waals surface area contributed by atoms with Crippen LogP contribution < -0.4 is 15.8 Å². The summed E-state index contributed by atoms with van der Waals surface area (Å²) >= 11 is 9.15. The fourth-order valence-electron chi connectivity index (χ4n) is 2.81. The van der Waals surface area contributed by atoms with Gasteiger partial charge >= 0.3 is 0 Å². The number of anilines is 2. The predicted octanol–water partition coefficient (Wildman–Crippen LogP) is 2.45. The van der Waals surface area contributed by atoms with E-state index in [0.29, 0.717) is 27.5 Å². The molecule has 0 bridgehead atoms. The molecule has 132 valence electrons. The molecule has 0 radical (unpaired) electrons. The molecule has 0 spiro atoms. The molecule has 1 N–H and O–H groups in total. The molecular formula is C16H17BrClN5O2. The van der Waals surface area contributed by atoms with Crippen LogP contribution in [-0.4, -0.2) is 33.8 Å². The normalized spacial score (nSPS) is 17.4. The first-order chi connectivity index (χ1) is 12.0. The predicted molar refractivity (Wildman–Crippen MR) is 100.0 cm³/mol. The molecule has 2 aromatic heterocycles. The lowest BCUT2D eigenvalue weighted by Gasteiger charge is -2.33. The van der Waals surface area contributed by atoms with Crippen LogP contribution in [0.4, 0.5) is 11.5 Å². The van der Waals surface area contributed by atoms with Gasteiger partial charge in [0.05, 0.1) is 22.8 Å². The lowest BCUT2D eigenvalue weighted by Crippen LogP contribution is -2.41. The number of hydrogen-bond acceptors (Lipinski definition) is 5. The van der Waals surface area contributed by atoms with Crippen LogP contribution in [-0.2, 0) is 11.8 Å². The summed E-state index contributed by atoms with van der Waals surface area (Å²) in [6.07, 6.45) is 4.78. The summed E-state index contributed by atoms with van der Waals surface area (Å²) < 4.78 is 1.74. The Hall–Kier alpha value is -1.93. The number of nitrogens with zero attached hydrogens (tertiary/aromatic N) is 4. The molecule has 9 heteroatoms. The number of aromatic nitrogens is 3. The van der Waals surface area contributed by atoms with Crippen LogP contribution in [0.5, 0.6) is 0 Å². The van der Waals surface area contributed by atoms with Crippen LogP contribution in [0.25, 0.3) is 0 Å². The molecule has 1 amide bonds. The molecule has 1 aliphatic heterocycles. The molecule has 1 saturated heterocycles. The van der Waals surface area contributed by atoms with E-state index in [2.05, 4.69) is 31.3 Å². The zero-order chi connectivity index (χ0) is 18.0. The molecule has 1 atom stereocenters. The number of carbonyl (C=O) groups is 1. The van der Waals surface area contributed by atoms with E-state index in [1.807, 2.05) is 4.90 Å². The summed E-state index contributed by atoms with van der Waals surface area (Å²) in [6.45, 7) is 1.29. The topological polar surface area (TPSA) is 80.1 Å². The number of carbonyl (C=O) groups excluding carboxylic acids is 1. The van der Waals surface area contributed by atoms with Crippen LogP contribution in [0.1, 0.15) is 12.8 Å². The Bertz CT molecular complexity index is 839. The second kappa shape index (κ2) is 7.53. The van der Waals surface area contributed by atoms with Gasteiger partial charge in [0.25, 0.3) is 5.56 Å². The number of hydrogen-bond donors (Lipinski definition) is 1. The first-order valence-electron chi connectivity index (χ1n) is 7.85. The summed E-state index contributed by atoms with van der Waals surface area (Å²) in [5, 5.41) is 7.41. The zero-order valence-corrected chi connectivity index (χ0v) is 15.9. The second-order valence-corrected chi connectivity index (χ2v) is 7.14. The molecule has 0 aromatic carbocycles. The maximum Gasteiger partial charge on any atom is 0.282 e. The minimum atomic E-state index is -0.200. The van der Waals surface area contributed by atoms with E-state index in [0.717, 1.165) is 19.4 Å². The molecule has 2 aromatic rings. The number of pyridine rings is 1. The Morgan fingerprint density at radius 1 is 1.40 bits per heavy atom. The quantitative estimate of drug-likeness (QED) is 0.815. The monoisotopic (exact) mass is 425 g/mol. The average molecular weight is 427 g/mol. The van der Waals surface area contributed by atoms with E-state index in [4.69, 9.17) is 11.6 Å². The Morgan fingerprint density at radius 3 is 2.92 bits per heavy atom. The number of nitrogens with one attached hydrogen (secondary N) is 1. The van der Waals surface area contributed by atoms with E-state index in [9.17, 15) is 9.59 Å². The Kier molecular flexibility index (Phi) is 5.39. The number of piperidine rings is 1. The second-order valence-electron chi connectivity index (χ2n) is 5.91. The van der Waals surface area contributed by atoms with Gasteiger partial charge in [-0.05, 0) is 40.9 Å². The van der Waals surface area contributed by atoms with Crippen LogP contribution in [0.3, 0.4) is 0 Å². The number of amides is 1. The fourth-order valence-corrected chi connectivity index (χ4v) is 3.53. The molecule has 0 aliphatic carbocycles. The number of rotatable bonds is 3. The Labute approximate surface area is 158 Å². The lowest BCUT2D eigenvalue weighted by atomic mass is 9.97. The number of aryl methyl sites for hydroxylation is 1. The van der Waals surface area contributed by atoms with Crippen molar-refractivity contribution in [2.45, 2.75) is 12.8 Å². The molecule has 1 fully saturated rings. The Balaban J connectivity index is 1.72. The van der Waals surface area contributed by atoms with Crippen LogP contribution in [0.2, 0.25) is 5.02 Å². The summed E-state index contributed by atoms with van der Waals surface area (Å²) in [6, 6.07) is 3.35. The Morgan fingerprint density at radius 2 is 2.20 bits per heavy atom. The molecule has 0 saturated carbocycles. The molecular weight excluding hydrogens is 410 g/mol.